The van der Waals surface area contributed by atoms with Gasteiger partial charge < -0.3 is 10.4 Å². The van der Waals surface area contributed by atoms with Crippen LogP contribution in [-0.4, -0.2) is 44.8 Å². The van der Waals surface area contributed by atoms with Gasteiger partial charge in [-0.25, -0.2) is 0 Å². The van der Waals surface area contributed by atoms with E-state index in [0.717, 1.165) is 11.5 Å². The highest BCUT2D eigenvalue weighted by atomic mass is 32.2. The van der Waals surface area contributed by atoms with Gasteiger partial charge in [0.1, 0.15) is 4.88 Å². The normalized spacial score (nSPS) is 14.6. The summed E-state index contributed by atoms with van der Waals surface area (Å²) in [5, 5.41) is 16.7. The lowest BCUT2D eigenvalue weighted by Crippen LogP contribution is -2.42. The van der Waals surface area contributed by atoms with Crippen molar-refractivity contribution in [2.75, 3.05) is 18.6 Å². The third-order valence-electron chi connectivity index (χ3n) is 2.35. The number of rotatable bonds is 6. The van der Waals surface area contributed by atoms with Crippen LogP contribution in [0, 0.1) is 0 Å². The Bertz CT molecular complexity index is 405. The summed E-state index contributed by atoms with van der Waals surface area (Å²) in [6, 6.07) is 0. The van der Waals surface area contributed by atoms with Crippen molar-refractivity contribution in [3.63, 3.8) is 0 Å². The van der Waals surface area contributed by atoms with Crippen molar-refractivity contribution in [3.8, 4) is 0 Å². The maximum absolute atomic E-state index is 12.0. The van der Waals surface area contributed by atoms with Crippen molar-refractivity contribution < 1.29 is 9.90 Å². The first-order chi connectivity index (χ1) is 8.37. The summed E-state index contributed by atoms with van der Waals surface area (Å²) in [5.41, 5.74) is -0.187. The molecule has 0 saturated carbocycles. The topological polar surface area (TPSA) is 75.1 Å². The summed E-state index contributed by atoms with van der Waals surface area (Å²) < 4.78 is 3.81. The second-order valence-corrected chi connectivity index (χ2v) is 6.37. The van der Waals surface area contributed by atoms with Crippen molar-refractivity contribution in [1.82, 2.24) is 14.9 Å². The number of hydrogen-bond donors (Lipinski definition) is 2. The molecule has 18 heavy (non-hydrogen) atoms. The van der Waals surface area contributed by atoms with Gasteiger partial charge >= 0.3 is 0 Å². The van der Waals surface area contributed by atoms with Gasteiger partial charge in [0.25, 0.3) is 5.91 Å². The Balaban J connectivity index is 2.63. The van der Waals surface area contributed by atoms with Gasteiger partial charge in [0.2, 0.25) is 0 Å². The van der Waals surface area contributed by atoms with Crippen LogP contribution in [0.1, 0.15) is 42.1 Å². The van der Waals surface area contributed by atoms with Crippen LogP contribution in [0.25, 0.3) is 0 Å². The maximum atomic E-state index is 12.0. The SMILES string of the molecule is CSCC(C)(O)CNC(=O)c1snnc1C(C)C. The van der Waals surface area contributed by atoms with Gasteiger partial charge in [-0.15, -0.1) is 5.10 Å². The molecule has 0 aliphatic rings. The summed E-state index contributed by atoms with van der Waals surface area (Å²) in [7, 11) is 0. The summed E-state index contributed by atoms with van der Waals surface area (Å²) in [4.78, 5) is 12.5. The molecule has 1 atom stereocenters. The molecule has 0 radical (unpaired) electrons. The number of amides is 1. The molecule has 2 N–H and O–H groups in total. The molecule has 0 aromatic carbocycles. The number of nitrogens with one attached hydrogen (secondary N) is 1. The fraction of sp³-hybridized carbons (Fsp3) is 0.727. The van der Waals surface area contributed by atoms with Crippen molar-refractivity contribution in [3.05, 3.63) is 10.6 Å². The Morgan fingerprint density at radius 2 is 2.28 bits per heavy atom. The summed E-state index contributed by atoms with van der Waals surface area (Å²) in [6.07, 6.45) is 1.92. The van der Waals surface area contributed by atoms with Gasteiger partial charge in [-0.2, -0.15) is 11.8 Å². The Morgan fingerprint density at radius 1 is 1.61 bits per heavy atom. The molecule has 1 unspecified atom stereocenters. The lowest BCUT2D eigenvalue weighted by atomic mass is 10.1. The highest BCUT2D eigenvalue weighted by Gasteiger charge is 2.23. The standard InChI is InChI=1S/C11H19N3O2S2/c1-7(2)8-9(18-14-13-8)10(15)12-5-11(3,16)6-17-4/h7,16H,5-6H2,1-4H3,(H,12,15). The molecular weight excluding hydrogens is 270 g/mol. The van der Waals surface area contributed by atoms with Crippen LogP contribution in [0.3, 0.4) is 0 Å². The van der Waals surface area contributed by atoms with Crippen LogP contribution in [0.4, 0.5) is 0 Å². The smallest absolute Gasteiger partial charge is 0.265 e. The molecule has 1 heterocycles. The van der Waals surface area contributed by atoms with Gasteiger partial charge in [-0.3, -0.25) is 4.79 Å². The second-order valence-electron chi connectivity index (χ2n) is 4.75. The Hall–Kier alpha value is -0.660. The van der Waals surface area contributed by atoms with Crippen LogP contribution in [0.15, 0.2) is 0 Å². The predicted molar refractivity (Wildman–Crippen MR) is 75.3 cm³/mol. The zero-order chi connectivity index (χ0) is 13.8. The van der Waals surface area contributed by atoms with E-state index < -0.39 is 5.60 Å². The Labute approximate surface area is 116 Å². The average Bonchev–Trinajstić information content (AvgIpc) is 2.74. The first-order valence-corrected chi connectivity index (χ1v) is 7.86. The largest absolute Gasteiger partial charge is 0.387 e. The van der Waals surface area contributed by atoms with Crippen molar-refractivity contribution in [2.24, 2.45) is 0 Å². The number of aromatic nitrogens is 2. The molecule has 102 valence electrons. The third kappa shape index (κ3) is 4.22. The van der Waals surface area contributed by atoms with Gasteiger partial charge in [-0.05, 0) is 30.6 Å². The molecule has 1 rings (SSSR count). The van der Waals surface area contributed by atoms with E-state index in [1.807, 2.05) is 20.1 Å². The molecular formula is C11H19N3O2S2. The first kappa shape index (κ1) is 15.4. The number of carbonyl (C=O) groups excluding carboxylic acids is 1. The molecule has 0 saturated heterocycles. The summed E-state index contributed by atoms with van der Waals surface area (Å²) >= 11 is 2.63. The van der Waals surface area contributed by atoms with E-state index in [1.54, 1.807) is 18.7 Å². The van der Waals surface area contributed by atoms with Crippen LogP contribution in [0.2, 0.25) is 0 Å². The van der Waals surface area contributed by atoms with Crippen LogP contribution in [-0.2, 0) is 0 Å². The third-order valence-corrected chi connectivity index (χ3v) is 4.00. The van der Waals surface area contributed by atoms with Crippen LogP contribution in [0.5, 0.6) is 0 Å². The Kier molecular flexibility index (Phi) is 5.55. The minimum Gasteiger partial charge on any atom is -0.387 e. The zero-order valence-corrected chi connectivity index (χ0v) is 12.7. The zero-order valence-electron chi connectivity index (χ0n) is 11.1. The minimum atomic E-state index is -0.898. The Morgan fingerprint density at radius 3 is 2.83 bits per heavy atom. The maximum Gasteiger partial charge on any atom is 0.265 e. The number of carbonyl (C=O) groups is 1. The first-order valence-electron chi connectivity index (χ1n) is 5.69. The van der Waals surface area contributed by atoms with E-state index >= 15 is 0 Å². The molecule has 1 aromatic heterocycles. The van der Waals surface area contributed by atoms with Crippen molar-refractivity contribution >= 4 is 29.2 Å². The predicted octanol–water partition coefficient (Wildman–Crippen LogP) is 1.51. The summed E-state index contributed by atoms with van der Waals surface area (Å²) in [6.45, 7) is 5.87. The molecule has 7 heteroatoms. The summed E-state index contributed by atoms with van der Waals surface area (Å²) in [5.74, 6) is 0.525. The van der Waals surface area contributed by atoms with Crippen molar-refractivity contribution in [1.29, 1.82) is 0 Å². The lowest BCUT2D eigenvalue weighted by molar-refractivity contribution is 0.0726. The average molecular weight is 289 g/mol. The van der Waals surface area contributed by atoms with Crippen LogP contribution >= 0.6 is 23.3 Å². The van der Waals surface area contributed by atoms with E-state index in [1.165, 1.54) is 0 Å². The quantitative estimate of drug-likeness (QED) is 0.830. The van der Waals surface area contributed by atoms with E-state index in [4.69, 9.17) is 0 Å². The molecule has 0 aliphatic carbocycles. The number of thioether (sulfide) groups is 1. The lowest BCUT2D eigenvalue weighted by Gasteiger charge is -2.22. The second kappa shape index (κ2) is 6.49. The van der Waals surface area contributed by atoms with E-state index in [9.17, 15) is 9.90 Å². The van der Waals surface area contributed by atoms with E-state index in [0.29, 0.717) is 16.3 Å². The molecule has 5 nitrogen and oxygen atoms in total. The number of nitrogens with zero attached hydrogens (tertiary/aromatic N) is 2. The van der Waals surface area contributed by atoms with Crippen LogP contribution < -0.4 is 5.32 Å². The molecule has 0 aliphatic heterocycles. The highest BCUT2D eigenvalue weighted by molar-refractivity contribution is 7.98. The van der Waals surface area contributed by atoms with Gasteiger partial charge in [0, 0.05) is 12.3 Å². The molecule has 0 bridgehead atoms. The van der Waals surface area contributed by atoms with Gasteiger partial charge in [0.05, 0.1) is 11.3 Å². The minimum absolute atomic E-state index is 0.163. The highest BCUT2D eigenvalue weighted by Crippen LogP contribution is 2.19. The molecule has 0 spiro atoms. The fourth-order valence-corrected chi connectivity index (χ4v) is 2.91. The molecule has 1 aromatic rings. The molecule has 0 fully saturated rings. The number of hydrogen-bond acceptors (Lipinski definition) is 6. The van der Waals surface area contributed by atoms with E-state index in [-0.39, 0.29) is 18.4 Å². The fourth-order valence-electron chi connectivity index (χ4n) is 1.45. The number of aliphatic hydroxyl groups is 1. The molecule has 1 amide bonds. The monoisotopic (exact) mass is 289 g/mol. The van der Waals surface area contributed by atoms with E-state index in [2.05, 4.69) is 14.9 Å². The van der Waals surface area contributed by atoms with Gasteiger partial charge in [0.15, 0.2) is 0 Å². The van der Waals surface area contributed by atoms with Crippen molar-refractivity contribution in [2.45, 2.75) is 32.3 Å². The van der Waals surface area contributed by atoms with Gasteiger partial charge in [-0.1, -0.05) is 18.3 Å².